The summed E-state index contributed by atoms with van der Waals surface area (Å²) in [6.45, 7) is 5.69. The molecule has 0 aliphatic carbocycles. The molecule has 8 heteroatoms. The molecule has 8 nitrogen and oxygen atoms in total. The van der Waals surface area contributed by atoms with E-state index in [1.54, 1.807) is 33.8 Å². The van der Waals surface area contributed by atoms with E-state index in [4.69, 9.17) is 4.74 Å². The maximum atomic E-state index is 12.9. The van der Waals surface area contributed by atoms with Crippen LogP contribution in [0.2, 0.25) is 0 Å². The standard InChI is InChI=1S/C21H24N4O4/c1-14-11-24(12-15(2)29-14)20(27)17-10-18-21(28)23(8-9-25(18)22-17)13-19(26)16-6-4-3-5-7-16/h3-7,10,14-15H,8-9,11-13H2,1-2H3/t14-,15+. The number of fused-ring (bicyclic) bond motifs is 1. The first-order valence-electron chi connectivity index (χ1n) is 9.82. The van der Waals surface area contributed by atoms with E-state index in [0.717, 1.165) is 0 Å². The molecule has 0 spiro atoms. The SMILES string of the molecule is C[C@@H]1CN(C(=O)c2cc3n(n2)CCN(CC(=O)c2ccccc2)C3=O)C[C@H](C)O1. The predicted molar refractivity (Wildman–Crippen MR) is 105 cm³/mol. The van der Waals surface area contributed by atoms with E-state index in [9.17, 15) is 14.4 Å². The molecule has 2 aliphatic heterocycles. The number of hydrogen-bond acceptors (Lipinski definition) is 5. The highest BCUT2D eigenvalue weighted by Gasteiger charge is 2.32. The molecule has 0 bridgehead atoms. The molecule has 152 valence electrons. The molecule has 2 aliphatic rings. The minimum absolute atomic E-state index is 0.00972. The average molecular weight is 396 g/mol. The van der Waals surface area contributed by atoms with E-state index in [2.05, 4.69) is 5.10 Å². The van der Waals surface area contributed by atoms with Gasteiger partial charge in [0, 0.05) is 31.3 Å². The number of hydrogen-bond donors (Lipinski definition) is 0. The lowest BCUT2D eigenvalue weighted by atomic mass is 10.1. The van der Waals surface area contributed by atoms with E-state index in [0.29, 0.717) is 37.4 Å². The van der Waals surface area contributed by atoms with Gasteiger partial charge in [0.15, 0.2) is 11.5 Å². The van der Waals surface area contributed by atoms with Gasteiger partial charge in [0.1, 0.15) is 5.69 Å². The second-order valence-electron chi connectivity index (χ2n) is 7.62. The van der Waals surface area contributed by atoms with Crippen molar-refractivity contribution in [2.75, 3.05) is 26.2 Å². The Morgan fingerprint density at radius 2 is 1.79 bits per heavy atom. The normalized spacial score (nSPS) is 21.8. The lowest BCUT2D eigenvalue weighted by molar-refractivity contribution is -0.0587. The Kier molecular flexibility index (Phi) is 5.19. The molecule has 29 heavy (non-hydrogen) atoms. The van der Waals surface area contributed by atoms with Gasteiger partial charge in [-0.05, 0) is 13.8 Å². The van der Waals surface area contributed by atoms with Gasteiger partial charge < -0.3 is 14.5 Å². The fraction of sp³-hybridized carbons (Fsp3) is 0.429. The molecule has 1 fully saturated rings. The highest BCUT2D eigenvalue weighted by Crippen LogP contribution is 2.18. The molecular formula is C21H24N4O4. The van der Waals surface area contributed by atoms with Crippen molar-refractivity contribution in [2.24, 2.45) is 0 Å². The Morgan fingerprint density at radius 1 is 1.10 bits per heavy atom. The Bertz CT molecular complexity index is 929. The quantitative estimate of drug-likeness (QED) is 0.731. The van der Waals surface area contributed by atoms with E-state index >= 15 is 0 Å². The Balaban J connectivity index is 1.48. The van der Waals surface area contributed by atoms with E-state index in [-0.39, 0.29) is 42.0 Å². The third-order valence-electron chi connectivity index (χ3n) is 5.22. The molecule has 2 atom stereocenters. The summed E-state index contributed by atoms with van der Waals surface area (Å²) in [5.41, 5.74) is 1.17. The monoisotopic (exact) mass is 396 g/mol. The number of benzene rings is 1. The van der Waals surface area contributed by atoms with Gasteiger partial charge in [0.05, 0.1) is 25.3 Å². The first kappa shape index (κ1) is 19.3. The van der Waals surface area contributed by atoms with Crippen LogP contribution in [-0.2, 0) is 11.3 Å². The van der Waals surface area contributed by atoms with Gasteiger partial charge in [0.2, 0.25) is 0 Å². The van der Waals surface area contributed by atoms with Crippen molar-refractivity contribution in [2.45, 2.75) is 32.6 Å². The topological polar surface area (TPSA) is 84.7 Å². The molecule has 1 saturated heterocycles. The van der Waals surface area contributed by atoms with Gasteiger partial charge in [-0.1, -0.05) is 30.3 Å². The van der Waals surface area contributed by atoms with Crippen LogP contribution in [-0.4, -0.2) is 75.6 Å². The van der Waals surface area contributed by atoms with E-state index in [1.165, 1.54) is 11.0 Å². The summed E-state index contributed by atoms with van der Waals surface area (Å²) in [7, 11) is 0. The zero-order chi connectivity index (χ0) is 20.5. The number of aromatic nitrogens is 2. The van der Waals surface area contributed by atoms with Crippen LogP contribution in [0.25, 0.3) is 0 Å². The highest BCUT2D eigenvalue weighted by atomic mass is 16.5. The first-order chi connectivity index (χ1) is 13.9. The molecule has 1 aromatic heterocycles. The first-order valence-corrected chi connectivity index (χ1v) is 9.82. The van der Waals surface area contributed by atoms with E-state index < -0.39 is 0 Å². The number of ether oxygens (including phenoxy) is 1. The zero-order valence-corrected chi connectivity index (χ0v) is 16.6. The Labute approximate surface area is 169 Å². The predicted octanol–water partition coefficient (Wildman–Crippen LogP) is 1.47. The number of carbonyl (C=O) groups is 3. The van der Waals surface area contributed by atoms with Crippen LogP contribution in [0, 0.1) is 0 Å². The number of morpholine rings is 1. The maximum absolute atomic E-state index is 12.9. The molecule has 2 amide bonds. The van der Waals surface area contributed by atoms with Crippen LogP contribution in [0.15, 0.2) is 36.4 Å². The fourth-order valence-electron chi connectivity index (χ4n) is 3.89. The summed E-state index contributed by atoms with van der Waals surface area (Å²) in [5, 5.41) is 4.35. The number of rotatable bonds is 4. The van der Waals surface area contributed by atoms with Gasteiger partial charge in [0.25, 0.3) is 11.8 Å². The van der Waals surface area contributed by atoms with Crippen molar-refractivity contribution in [3.05, 3.63) is 53.3 Å². The molecule has 0 saturated carbocycles. The van der Waals surface area contributed by atoms with Gasteiger partial charge >= 0.3 is 0 Å². The van der Waals surface area contributed by atoms with Gasteiger partial charge in [-0.25, -0.2) is 0 Å². The summed E-state index contributed by atoms with van der Waals surface area (Å²) >= 11 is 0. The largest absolute Gasteiger partial charge is 0.372 e. The fourth-order valence-corrected chi connectivity index (χ4v) is 3.89. The minimum Gasteiger partial charge on any atom is -0.372 e. The van der Waals surface area contributed by atoms with Crippen LogP contribution < -0.4 is 0 Å². The van der Waals surface area contributed by atoms with Crippen LogP contribution >= 0.6 is 0 Å². The lowest BCUT2D eigenvalue weighted by Crippen LogP contribution is -2.48. The second-order valence-corrected chi connectivity index (χ2v) is 7.62. The number of nitrogens with zero attached hydrogens (tertiary/aromatic N) is 4. The van der Waals surface area contributed by atoms with E-state index in [1.807, 2.05) is 19.9 Å². The van der Waals surface area contributed by atoms with Crippen molar-refractivity contribution < 1.29 is 19.1 Å². The smallest absolute Gasteiger partial charge is 0.274 e. The number of amides is 2. The highest BCUT2D eigenvalue weighted by molar-refractivity contribution is 6.03. The van der Waals surface area contributed by atoms with Crippen LogP contribution in [0.1, 0.15) is 45.2 Å². The zero-order valence-electron chi connectivity index (χ0n) is 16.6. The Morgan fingerprint density at radius 3 is 2.48 bits per heavy atom. The molecule has 0 unspecified atom stereocenters. The molecule has 0 N–H and O–H groups in total. The molecular weight excluding hydrogens is 372 g/mol. The maximum Gasteiger partial charge on any atom is 0.274 e. The summed E-state index contributed by atoms with van der Waals surface area (Å²) in [6.07, 6.45) is -0.0814. The molecule has 2 aromatic rings. The summed E-state index contributed by atoms with van der Waals surface area (Å²) in [6, 6.07) is 10.5. The van der Waals surface area contributed by atoms with Crippen molar-refractivity contribution in [1.82, 2.24) is 19.6 Å². The van der Waals surface area contributed by atoms with Gasteiger partial charge in [-0.2, -0.15) is 5.10 Å². The average Bonchev–Trinajstić information content (AvgIpc) is 3.14. The van der Waals surface area contributed by atoms with Gasteiger partial charge in [-0.15, -0.1) is 0 Å². The van der Waals surface area contributed by atoms with Crippen molar-refractivity contribution in [1.29, 1.82) is 0 Å². The van der Waals surface area contributed by atoms with Crippen LogP contribution in [0.5, 0.6) is 0 Å². The van der Waals surface area contributed by atoms with Crippen LogP contribution in [0.3, 0.4) is 0 Å². The van der Waals surface area contributed by atoms with Crippen molar-refractivity contribution >= 4 is 17.6 Å². The number of Topliss-reactive ketones (excluding diaryl/α,β-unsaturated/α-hetero) is 1. The van der Waals surface area contributed by atoms with Crippen LogP contribution in [0.4, 0.5) is 0 Å². The number of carbonyl (C=O) groups excluding carboxylic acids is 3. The third-order valence-corrected chi connectivity index (χ3v) is 5.22. The molecule has 0 radical (unpaired) electrons. The minimum atomic E-state index is -0.282. The Hall–Kier alpha value is -3.00. The third kappa shape index (κ3) is 3.93. The lowest BCUT2D eigenvalue weighted by Gasteiger charge is -2.34. The summed E-state index contributed by atoms with van der Waals surface area (Å²) < 4.78 is 7.24. The van der Waals surface area contributed by atoms with Crippen molar-refractivity contribution in [3.63, 3.8) is 0 Å². The molecule has 3 heterocycles. The molecule has 1 aromatic carbocycles. The second kappa shape index (κ2) is 7.79. The number of ketones is 1. The van der Waals surface area contributed by atoms with Gasteiger partial charge in [-0.3, -0.25) is 19.1 Å². The van der Waals surface area contributed by atoms with Crippen molar-refractivity contribution in [3.8, 4) is 0 Å². The summed E-state index contributed by atoms with van der Waals surface area (Å²) in [4.78, 5) is 41.4. The molecule has 4 rings (SSSR count). The summed E-state index contributed by atoms with van der Waals surface area (Å²) in [5.74, 6) is -0.594.